The molecule has 310 valence electrons. The van der Waals surface area contributed by atoms with Gasteiger partial charge in [0.1, 0.15) is 0 Å². The predicted molar refractivity (Wildman–Crippen MR) is 250 cm³/mol. The number of hydrogen-bond donors (Lipinski definition) is 1. The third-order valence-electron chi connectivity index (χ3n) is 17.3. The van der Waals surface area contributed by atoms with Gasteiger partial charge < -0.3 is 5.73 Å². The maximum absolute atomic E-state index is 5.83. The summed E-state index contributed by atoms with van der Waals surface area (Å²) in [5.41, 5.74) is 10.9. The molecule has 0 heterocycles. The van der Waals surface area contributed by atoms with E-state index in [4.69, 9.17) is 5.73 Å². The minimum absolute atomic E-state index is 0. The van der Waals surface area contributed by atoms with Crippen LogP contribution in [0.4, 0.5) is 5.69 Å². The van der Waals surface area contributed by atoms with E-state index in [0.717, 1.165) is 32.8 Å². The Bertz CT molecular complexity index is 1820. The summed E-state index contributed by atoms with van der Waals surface area (Å²) in [6, 6.07) is 41.1. The predicted octanol–water partition coefficient (Wildman–Crippen LogP) is 13.6. The number of nitrogens with two attached hydrogens (primary N) is 1. The van der Waals surface area contributed by atoms with E-state index in [-0.39, 0.29) is 28.3 Å². The molecule has 0 aliphatic heterocycles. The van der Waals surface area contributed by atoms with Crippen LogP contribution in [0.2, 0.25) is 0 Å². The van der Waals surface area contributed by atoms with Crippen molar-refractivity contribution in [2.24, 2.45) is 35.5 Å². The summed E-state index contributed by atoms with van der Waals surface area (Å²) in [6.45, 7) is 0. The monoisotopic (exact) mass is 900 g/mol. The summed E-state index contributed by atoms with van der Waals surface area (Å²) in [7, 11) is -0.788. The average Bonchev–Trinajstić information content (AvgIpc) is 4.03. The van der Waals surface area contributed by atoms with Gasteiger partial charge in [0.05, 0.1) is 40.2 Å². The fourth-order valence-electron chi connectivity index (χ4n) is 15.6. The quantitative estimate of drug-likeness (QED) is 0.0850. The second kappa shape index (κ2) is 18.3. The third kappa shape index (κ3) is 8.39. The number of rotatable bonds is 7. The molecule has 0 aromatic heterocycles. The average molecular weight is 902 g/mol. The van der Waals surface area contributed by atoms with Gasteiger partial charge in [-0.15, -0.1) is 35.9 Å². The van der Waals surface area contributed by atoms with Crippen molar-refractivity contribution in [1.82, 2.24) is 0 Å². The van der Waals surface area contributed by atoms with Crippen LogP contribution in [0, 0.1) is 41.6 Å². The second-order valence-corrected chi connectivity index (χ2v) is 27.1. The topological polar surface area (TPSA) is 26.0 Å². The van der Waals surface area contributed by atoms with Crippen LogP contribution in [0.15, 0.2) is 109 Å². The van der Waals surface area contributed by atoms with Gasteiger partial charge in [-0.25, -0.2) is 0 Å². The van der Waals surface area contributed by atoms with Crippen molar-refractivity contribution in [2.45, 2.75) is 150 Å². The zero-order chi connectivity index (χ0) is 38.2. The molecule has 8 aliphatic rings. The molecule has 2 N–H and O–H groups in total. The number of benzene rings is 4. The van der Waals surface area contributed by atoms with Crippen LogP contribution >= 0.6 is 15.8 Å². The van der Waals surface area contributed by atoms with Crippen LogP contribution in [-0.4, -0.2) is 21.6 Å². The second-order valence-electron chi connectivity index (χ2n) is 20.6. The van der Waals surface area contributed by atoms with Crippen molar-refractivity contribution in [1.29, 1.82) is 0 Å². The fourth-order valence-corrected chi connectivity index (χ4v) is 25.7. The number of anilines is 1. The minimum atomic E-state index is -0.577. The SMILES string of the molecule is C1CCC([PH+](C23CC4CCC(C2)C(C4)C3)C23CC4CCC(C2)C(C4)C3)C1.Nc1ccccc1-c1[c-]cccc1.[Pd].c1ccc([PH+](c2ccccc2)C2CCCC2)cc1. The Kier molecular flexibility index (Phi) is 13.1. The van der Waals surface area contributed by atoms with Gasteiger partial charge in [0.25, 0.3) is 0 Å². The van der Waals surface area contributed by atoms with Gasteiger partial charge in [0.15, 0.2) is 0 Å². The standard InChI is InChI=1S/C25H39P.C17H19P.C12H10N.Pd/c1-2-4-23(3-1)26(24-11-17-5-7-19(13-24)21(9-17)15-24)25-12-18-6-8-20(14-25)22(10-18)16-25;1-3-9-15(10-4-1)18(17-13-7-8-14-17)16-11-5-2-6-12-16;13-12-9-5-4-8-11(12)10-6-2-1-3-7-10;/h17-23H,1-16H2;1-6,9-12,17H,7-8,13-14H2;1-6,8-9H,13H2;/q;;-1;/p+2. The number of fused-ring (bicyclic) bond motifs is 4. The molecular weight excluding hydrogens is 831 g/mol. The van der Waals surface area contributed by atoms with Crippen LogP contribution in [0.1, 0.15) is 128 Å². The van der Waals surface area contributed by atoms with Crippen molar-refractivity contribution in [2.75, 3.05) is 5.73 Å². The molecule has 4 heteroatoms. The molecule has 4 aromatic rings. The van der Waals surface area contributed by atoms with Crippen LogP contribution in [-0.2, 0) is 20.4 Å². The van der Waals surface area contributed by atoms with Crippen molar-refractivity contribution >= 4 is 32.1 Å². The Hall–Kier alpha value is -1.80. The molecule has 12 rings (SSSR count). The number of nitrogen functional groups attached to an aromatic ring is 1. The van der Waals surface area contributed by atoms with Gasteiger partial charge in [-0.3, -0.25) is 0 Å². The third-order valence-corrected chi connectivity index (χ3v) is 25.5. The smallest absolute Gasteiger partial charge is 0.0969 e. The molecule has 0 radical (unpaired) electrons. The van der Waals surface area contributed by atoms with Crippen molar-refractivity contribution in [3.8, 4) is 11.1 Å². The van der Waals surface area contributed by atoms with E-state index >= 15 is 0 Å². The summed E-state index contributed by atoms with van der Waals surface area (Å²) in [5.74, 6) is 7.09. The molecule has 0 saturated heterocycles. The first-order chi connectivity index (χ1) is 28.1. The zero-order valence-corrected chi connectivity index (χ0v) is 38.6. The normalized spacial score (nSPS) is 33.5. The maximum Gasteiger partial charge on any atom is 0.0969 e. The first-order valence-electron chi connectivity index (χ1n) is 23.7. The van der Waals surface area contributed by atoms with Crippen molar-refractivity contribution < 1.29 is 20.4 Å². The Labute approximate surface area is 368 Å². The summed E-state index contributed by atoms with van der Waals surface area (Å²) >= 11 is 0. The molecular formula is C54H70NP2Pd+. The van der Waals surface area contributed by atoms with E-state index in [9.17, 15) is 0 Å². The van der Waals surface area contributed by atoms with Crippen LogP contribution in [0.25, 0.3) is 11.1 Å². The van der Waals surface area contributed by atoms with E-state index < -0.39 is 7.92 Å². The molecule has 8 saturated carbocycles. The Morgan fingerprint density at radius 1 is 0.483 bits per heavy atom. The molecule has 1 nitrogen and oxygen atoms in total. The van der Waals surface area contributed by atoms with Crippen LogP contribution in [0.5, 0.6) is 0 Å². The molecule has 8 atom stereocenters. The van der Waals surface area contributed by atoms with E-state index in [2.05, 4.69) is 66.7 Å². The summed E-state index contributed by atoms with van der Waals surface area (Å²) in [6.07, 6.45) is 32.5. The molecule has 4 aromatic carbocycles. The minimum Gasteiger partial charge on any atom is -0.406 e. The van der Waals surface area contributed by atoms with Gasteiger partial charge in [-0.2, -0.15) is 0 Å². The Balaban J connectivity index is 0.000000120. The van der Waals surface area contributed by atoms with Crippen molar-refractivity contribution in [3.63, 3.8) is 0 Å². The van der Waals surface area contributed by atoms with E-state index in [0.29, 0.717) is 0 Å². The molecule has 0 amide bonds. The van der Waals surface area contributed by atoms with Gasteiger partial charge in [-0.1, -0.05) is 73.0 Å². The summed E-state index contributed by atoms with van der Waals surface area (Å²) in [4.78, 5) is 0. The fraction of sp³-hybridized carbons (Fsp3) is 0.556. The zero-order valence-electron chi connectivity index (χ0n) is 35.0. The summed E-state index contributed by atoms with van der Waals surface area (Å²) in [5, 5.41) is 5.03. The van der Waals surface area contributed by atoms with E-state index in [1.807, 2.05) is 48.5 Å². The molecule has 0 spiro atoms. The van der Waals surface area contributed by atoms with E-state index in [1.54, 1.807) is 113 Å². The maximum atomic E-state index is 5.83. The van der Waals surface area contributed by atoms with E-state index in [1.165, 1.54) is 66.8 Å². The molecule has 58 heavy (non-hydrogen) atoms. The molecule has 6 bridgehead atoms. The first kappa shape index (κ1) is 41.5. The first-order valence-corrected chi connectivity index (χ1v) is 26.9. The van der Waals surface area contributed by atoms with Gasteiger partial charge >= 0.3 is 0 Å². The Morgan fingerprint density at radius 3 is 1.48 bits per heavy atom. The molecule has 8 aliphatic carbocycles. The number of para-hydroxylation sites is 1. The van der Waals surface area contributed by atoms with Crippen LogP contribution < -0.4 is 16.3 Å². The van der Waals surface area contributed by atoms with Gasteiger partial charge in [0, 0.05) is 28.3 Å². The largest absolute Gasteiger partial charge is 0.406 e. The van der Waals surface area contributed by atoms with Crippen LogP contribution in [0.3, 0.4) is 0 Å². The van der Waals surface area contributed by atoms with Gasteiger partial charge in [-0.05, 0) is 187 Å². The van der Waals surface area contributed by atoms with Crippen molar-refractivity contribution in [3.05, 3.63) is 115 Å². The number of hydrogen-bond acceptors (Lipinski definition) is 1. The Morgan fingerprint density at radius 2 is 0.966 bits per heavy atom. The molecule has 8 fully saturated rings. The van der Waals surface area contributed by atoms with Gasteiger partial charge in [0.2, 0.25) is 0 Å². The summed E-state index contributed by atoms with van der Waals surface area (Å²) < 4.78 is 0. The molecule has 8 unspecified atom stereocenters.